The Balaban J connectivity index is 2.10. The van der Waals surface area contributed by atoms with Gasteiger partial charge in [0.25, 0.3) is 0 Å². The third-order valence-corrected chi connectivity index (χ3v) is 2.61. The zero-order valence-electron chi connectivity index (χ0n) is 10.6. The van der Waals surface area contributed by atoms with E-state index in [1.165, 1.54) is 12.1 Å². The van der Waals surface area contributed by atoms with Crippen LogP contribution in [-0.2, 0) is 0 Å². The number of carbonyl (C=O) groups is 1. The Morgan fingerprint density at radius 3 is 2.55 bits per heavy atom. The number of carboxylic acids is 1. The number of nitrogens with zero attached hydrogens (tertiary/aromatic N) is 1. The van der Waals surface area contributed by atoms with Crippen molar-refractivity contribution in [3.8, 4) is 5.75 Å². The predicted octanol–water partition coefficient (Wildman–Crippen LogP) is 3.51. The third-order valence-electron chi connectivity index (χ3n) is 2.61. The van der Waals surface area contributed by atoms with E-state index >= 15 is 0 Å². The average Bonchev–Trinajstić information content (AvgIpc) is 2.46. The summed E-state index contributed by atoms with van der Waals surface area (Å²) in [5, 5.41) is 18.3. The third kappa shape index (κ3) is 3.55. The molecule has 0 saturated carbocycles. The lowest BCUT2D eigenvalue weighted by molar-refractivity contribution is 0.0694. The van der Waals surface area contributed by atoms with Gasteiger partial charge >= 0.3 is 5.97 Å². The van der Waals surface area contributed by atoms with Gasteiger partial charge in [-0.25, -0.2) is 4.79 Å². The molecule has 0 saturated heterocycles. The molecular weight excluding hydrogens is 254 g/mol. The second-order valence-corrected chi connectivity index (χ2v) is 4.05. The molecule has 0 heterocycles. The van der Waals surface area contributed by atoms with Gasteiger partial charge in [-0.15, -0.1) is 0 Å². The number of phenols is 1. The topological polar surface area (TPSA) is 69.9 Å². The summed E-state index contributed by atoms with van der Waals surface area (Å²) >= 11 is 0. The van der Waals surface area contributed by atoms with Crippen LogP contribution in [0.5, 0.6) is 5.75 Å². The first-order chi connectivity index (χ1) is 9.66. The minimum absolute atomic E-state index is 0.160. The predicted molar refractivity (Wildman–Crippen MR) is 78.7 cm³/mol. The minimum atomic E-state index is -1.18. The minimum Gasteiger partial charge on any atom is -0.507 e. The number of carboxylic acid groups (broad SMARTS) is 1. The van der Waals surface area contributed by atoms with Crippen LogP contribution in [0.25, 0.3) is 6.08 Å². The summed E-state index contributed by atoms with van der Waals surface area (Å²) in [6.07, 6.45) is 5.23. The van der Waals surface area contributed by atoms with Gasteiger partial charge < -0.3 is 10.2 Å². The molecule has 0 aliphatic carbocycles. The van der Waals surface area contributed by atoms with Crippen molar-refractivity contribution in [2.24, 2.45) is 4.99 Å². The van der Waals surface area contributed by atoms with Crippen molar-refractivity contribution in [1.29, 1.82) is 0 Å². The van der Waals surface area contributed by atoms with Gasteiger partial charge in [0.05, 0.1) is 5.69 Å². The summed E-state index contributed by atoms with van der Waals surface area (Å²) < 4.78 is 0. The molecule has 2 rings (SSSR count). The lowest BCUT2D eigenvalue weighted by atomic mass is 10.2. The second kappa shape index (κ2) is 6.33. The SMILES string of the molecule is O=C(O)c1cc(N=C/C=C\c2ccccc2)ccc1O. The molecule has 20 heavy (non-hydrogen) atoms. The van der Waals surface area contributed by atoms with E-state index in [4.69, 9.17) is 5.11 Å². The molecule has 0 spiro atoms. The van der Waals surface area contributed by atoms with Crippen LogP contribution in [0.2, 0.25) is 0 Å². The van der Waals surface area contributed by atoms with Gasteiger partial charge in [-0.05, 0) is 29.8 Å². The molecule has 2 aromatic carbocycles. The fourth-order valence-corrected chi connectivity index (χ4v) is 1.62. The largest absolute Gasteiger partial charge is 0.507 e. The maximum atomic E-state index is 10.9. The summed E-state index contributed by atoms with van der Waals surface area (Å²) in [7, 11) is 0. The number of hydrogen-bond acceptors (Lipinski definition) is 3. The first-order valence-corrected chi connectivity index (χ1v) is 5.99. The molecule has 100 valence electrons. The molecule has 0 atom stereocenters. The Kier molecular flexibility index (Phi) is 4.29. The highest BCUT2D eigenvalue weighted by molar-refractivity contribution is 5.92. The molecule has 2 aromatic rings. The van der Waals surface area contributed by atoms with Gasteiger partial charge in [0.1, 0.15) is 11.3 Å². The average molecular weight is 267 g/mol. The van der Waals surface area contributed by atoms with E-state index in [1.54, 1.807) is 18.4 Å². The number of aliphatic imine (C=N–C) groups is 1. The molecule has 0 unspecified atom stereocenters. The highest BCUT2D eigenvalue weighted by atomic mass is 16.4. The first kappa shape index (κ1) is 13.5. The summed E-state index contributed by atoms with van der Waals surface area (Å²) in [5.74, 6) is -1.45. The highest BCUT2D eigenvalue weighted by Crippen LogP contribution is 2.23. The van der Waals surface area contributed by atoms with Crippen molar-refractivity contribution in [1.82, 2.24) is 0 Å². The zero-order chi connectivity index (χ0) is 14.4. The summed E-state index contributed by atoms with van der Waals surface area (Å²) in [4.78, 5) is 15.0. The molecule has 0 radical (unpaired) electrons. The van der Waals surface area contributed by atoms with Crippen LogP contribution in [0.4, 0.5) is 5.69 Å². The molecule has 0 bridgehead atoms. The Labute approximate surface area is 116 Å². The number of allylic oxidation sites excluding steroid dienone is 1. The maximum Gasteiger partial charge on any atom is 0.339 e. The molecule has 0 aliphatic heterocycles. The number of hydrogen-bond donors (Lipinski definition) is 2. The van der Waals surface area contributed by atoms with Crippen LogP contribution in [0, 0.1) is 0 Å². The van der Waals surface area contributed by atoms with Crippen LogP contribution in [-0.4, -0.2) is 22.4 Å². The molecule has 4 nitrogen and oxygen atoms in total. The number of aromatic carboxylic acids is 1. The van der Waals surface area contributed by atoms with Gasteiger partial charge in [-0.3, -0.25) is 4.99 Å². The molecule has 4 heteroatoms. The quantitative estimate of drug-likeness (QED) is 0.833. The summed E-state index contributed by atoms with van der Waals surface area (Å²) in [6, 6.07) is 13.9. The Hall–Kier alpha value is -2.88. The van der Waals surface area contributed by atoms with E-state index in [0.29, 0.717) is 5.69 Å². The van der Waals surface area contributed by atoms with E-state index < -0.39 is 5.97 Å². The summed E-state index contributed by atoms with van der Waals surface area (Å²) in [6.45, 7) is 0. The Bertz CT molecular complexity index is 661. The number of benzene rings is 2. The van der Waals surface area contributed by atoms with Crippen LogP contribution < -0.4 is 0 Å². The number of aromatic hydroxyl groups is 1. The van der Waals surface area contributed by atoms with Crippen molar-refractivity contribution < 1.29 is 15.0 Å². The smallest absolute Gasteiger partial charge is 0.339 e. The van der Waals surface area contributed by atoms with Gasteiger partial charge in [-0.2, -0.15) is 0 Å². The zero-order valence-corrected chi connectivity index (χ0v) is 10.6. The number of rotatable bonds is 4. The van der Waals surface area contributed by atoms with E-state index in [-0.39, 0.29) is 11.3 Å². The second-order valence-electron chi connectivity index (χ2n) is 4.05. The first-order valence-electron chi connectivity index (χ1n) is 5.99. The van der Waals surface area contributed by atoms with E-state index in [0.717, 1.165) is 5.56 Å². The molecule has 0 aliphatic rings. The fraction of sp³-hybridized carbons (Fsp3) is 0. The maximum absolute atomic E-state index is 10.9. The monoisotopic (exact) mass is 267 g/mol. The van der Waals surface area contributed by atoms with Crippen molar-refractivity contribution in [2.75, 3.05) is 0 Å². The van der Waals surface area contributed by atoms with Crippen LogP contribution >= 0.6 is 0 Å². The van der Waals surface area contributed by atoms with Gasteiger partial charge in [-0.1, -0.05) is 36.4 Å². The van der Waals surface area contributed by atoms with E-state index in [1.807, 2.05) is 36.4 Å². The van der Waals surface area contributed by atoms with Crippen molar-refractivity contribution in [3.63, 3.8) is 0 Å². The van der Waals surface area contributed by atoms with Gasteiger partial charge in [0.15, 0.2) is 0 Å². The molecule has 0 amide bonds. The molecule has 0 fully saturated rings. The van der Waals surface area contributed by atoms with Crippen molar-refractivity contribution in [2.45, 2.75) is 0 Å². The van der Waals surface area contributed by atoms with E-state index in [9.17, 15) is 9.90 Å². The van der Waals surface area contributed by atoms with E-state index in [2.05, 4.69) is 4.99 Å². The van der Waals surface area contributed by atoms with Crippen LogP contribution in [0.3, 0.4) is 0 Å². The Morgan fingerprint density at radius 1 is 1.10 bits per heavy atom. The van der Waals surface area contributed by atoms with Crippen LogP contribution in [0.15, 0.2) is 59.6 Å². The molecular formula is C16H13NO3. The van der Waals surface area contributed by atoms with Gasteiger partial charge in [0, 0.05) is 6.21 Å². The Morgan fingerprint density at radius 2 is 1.85 bits per heavy atom. The highest BCUT2D eigenvalue weighted by Gasteiger charge is 2.09. The van der Waals surface area contributed by atoms with Gasteiger partial charge in [0.2, 0.25) is 0 Å². The fourth-order valence-electron chi connectivity index (χ4n) is 1.62. The molecule has 0 aromatic heterocycles. The van der Waals surface area contributed by atoms with Crippen molar-refractivity contribution in [3.05, 3.63) is 65.7 Å². The standard InChI is InChI=1S/C16H13NO3/c18-15-9-8-13(11-14(15)16(19)20)17-10-4-7-12-5-2-1-3-6-12/h1-11,18H,(H,19,20)/b7-4-,17-10?. The lowest BCUT2D eigenvalue weighted by Gasteiger charge is -1.99. The molecule has 2 N–H and O–H groups in total. The van der Waals surface area contributed by atoms with Crippen LogP contribution in [0.1, 0.15) is 15.9 Å². The van der Waals surface area contributed by atoms with Crippen molar-refractivity contribution >= 4 is 23.9 Å². The summed E-state index contributed by atoms with van der Waals surface area (Å²) in [5.41, 5.74) is 1.36. The normalized spacial score (nSPS) is 11.2. The lowest BCUT2D eigenvalue weighted by Crippen LogP contribution is -1.95.